The minimum atomic E-state index is -0.259. The molecule has 0 saturated carbocycles. The quantitative estimate of drug-likeness (QED) is 0.744. The highest BCUT2D eigenvalue weighted by Gasteiger charge is 2.16. The topological polar surface area (TPSA) is 77.8 Å². The standard InChI is InChI=1S/C18H20N4O3/c1-12(18-21-20-16-6-4-5-9-22(16)18)19-17(23)11-13-7-8-14(24-2)15(10-13)25-3/h4-10,12H,11H2,1-3H3,(H,19,23). The van der Waals surface area contributed by atoms with E-state index in [4.69, 9.17) is 9.47 Å². The summed E-state index contributed by atoms with van der Waals surface area (Å²) in [6, 6.07) is 10.8. The van der Waals surface area contributed by atoms with Crippen LogP contribution in [0.1, 0.15) is 24.4 Å². The van der Waals surface area contributed by atoms with Crippen molar-refractivity contribution in [3.05, 3.63) is 54.0 Å². The molecule has 1 amide bonds. The van der Waals surface area contributed by atoms with Crippen LogP contribution in [0, 0.1) is 0 Å². The fourth-order valence-corrected chi connectivity index (χ4v) is 2.69. The van der Waals surface area contributed by atoms with Crippen molar-refractivity contribution in [1.29, 1.82) is 0 Å². The van der Waals surface area contributed by atoms with Crippen molar-refractivity contribution >= 4 is 11.6 Å². The molecule has 130 valence electrons. The van der Waals surface area contributed by atoms with Crippen LogP contribution in [0.3, 0.4) is 0 Å². The Labute approximate surface area is 145 Å². The number of hydrogen-bond acceptors (Lipinski definition) is 5. The molecule has 0 saturated heterocycles. The summed E-state index contributed by atoms with van der Waals surface area (Å²) in [4.78, 5) is 12.4. The van der Waals surface area contributed by atoms with Crippen LogP contribution in [0.4, 0.5) is 0 Å². The zero-order valence-corrected chi connectivity index (χ0v) is 14.4. The van der Waals surface area contributed by atoms with Crippen LogP contribution in [0.15, 0.2) is 42.6 Å². The van der Waals surface area contributed by atoms with E-state index in [1.165, 1.54) is 0 Å². The van der Waals surface area contributed by atoms with Crippen molar-refractivity contribution in [1.82, 2.24) is 19.9 Å². The number of carbonyl (C=O) groups excluding carboxylic acids is 1. The first-order valence-corrected chi connectivity index (χ1v) is 7.92. The van der Waals surface area contributed by atoms with Crippen molar-refractivity contribution in [3.8, 4) is 11.5 Å². The Balaban J connectivity index is 1.70. The summed E-state index contributed by atoms with van der Waals surface area (Å²) in [5.74, 6) is 1.82. The summed E-state index contributed by atoms with van der Waals surface area (Å²) in [6.45, 7) is 1.88. The van der Waals surface area contributed by atoms with Crippen molar-refractivity contribution < 1.29 is 14.3 Å². The Morgan fingerprint density at radius 3 is 2.72 bits per heavy atom. The molecule has 3 aromatic rings. The average molecular weight is 340 g/mol. The van der Waals surface area contributed by atoms with E-state index in [1.807, 2.05) is 41.8 Å². The number of fused-ring (bicyclic) bond motifs is 1. The highest BCUT2D eigenvalue weighted by Crippen LogP contribution is 2.27. The van der Waals surface area contributed by atoms with Crippen LogP contribution in [0.5, 0.6) is 11.5 Å². The third-order valence-electron chi connectivity index (χ3n) is 3.92. The number of rotatable bonds is 6. The normalized spacial score (nSPS) is 12.0. The molecule has 1 atom stereocenters. The Bertz CT molecular complexity index is 891. The van der Waals surface area contributed by atoms with E-state index in [-0.39, 0.29) is 18.4 Å². The molecule has 3 rings (SSSR count). The number of ether oxygens (including phenoxy) is 2. The predicted molar refractivity (Wildman–Crippen MR) is 92.8 cm³/mol. The molecule has 7 nitrogen and oxygen atoms in total. The minimum absolute atomic E-state index is 0.104. The maximum absolute atomic E-state index is 12.4. The van der Waals surface area contributed by atoms with Gasteiger partial charge < -0.3 is 14.8 Å². The van der Waals surface area contributed by atoms with Gasteiger partial charge in [-0.1, -0.05) is 12.1 Å². The number of amides is 1. The Kier molecular flexibility index (Phi) is 4.83. The molecule has 0 aliphatic rings. The number of benzene rings is 1. The van der Waals surface area contributed by atoms with Gasteiger partial charge in [0, 0.05) is 6.20 Å². The van der Waals surface area contributed by atoms with Gasteiger partial charge in [0.1, 0.15) is 0 Å². The molecular formula is C18H20N4O3. The first kappa shape index (κ1) is 16.8. The van der Waals surface area contributed by atoms with E-state index in [0.29, 0.717) is 17.3 Å². The van der Waals surface area contributed by atoms with Gasteiger partial charge in [-0.2, -0.15) is 0 Å². The lowest BCUT2D eigenvalue weighted by atomic mass is 10.1. The summed E-state index contributed by atoms with van der Waals surface area (Å²) >= 11 is 0. The van der Waals surface area contributed by atoms with Gasteiger partial charge in [-0.25, -0.2) is 0 Å². The Morgan fingerprint density at radius 2 is 1.96 bits per heavy atom. The summed E-state index contributed by atoms with van der Waals surface area (Å²) in [6.07, 6.45) is 2.11. The van der Waals surface area contributed by atoms with E-state index in [1.54, 1.807) is 26.4 Å². The van der Waals surface area contributed by atoms with E-state index in [2.05, 4.69) is 15.5 Å². The third kappa shape index (κ3) is 3.55. The first-order chi connectivity index (χ1) is 12.1. The van der Waals surface area contributed by atoms with E-state index in [9.17, 15) is 4.79 Å². The number of nitrogens with one attached hydrogen (secondary N) is 1. The predicted octanol–water partition coefficient (Wildman–Crippen LogP) is 2.17. The molecule has 1 aromatic carbocycles. The Hall–Kier alpha value is -3.09. The summed E-state index contributed by atoms with van der Waals surface area (Å²) in [5, 5.41) is 11.2. The van der Waals surface area contributed by atoms with Crippen LogP contribution in [0.2, 0.25) is 0 Å². The summed E-state index contributed by atoms with van der Waals surface area (Å²) < 4.78 is 12.3. The van der Waals surface area contributed by atoms with Gasteiger partial charge in [0.25, 0.3) is 0 Å². The van der Waals surface area contributed by atoms with Crippen molar-refractivity contribution in [3.63, 3.8) is 0 Å². The molecule has 0 fully saturated rings. The second kappa shape index (κ2) is 7.21. The highest BCUT2D eigenvalue weighted by molar-refractivity contribution is 5.79. The molecule has 7 heteroatoms. The number of aromatic nitrogens is 3. The summed E-state index contributed by atoms with van der Waals surface area (Å²) in [7, 11) is 3.15. The van der Waals surface area contributed by atoms with Gasteiger partial charge in [-0.15, -0.1) is 10.2 Å². The number of carbonyl (C=O) groups is 1. The number of hydrogen-bond donors (Lipinski definition) is 1. The minimum Gasteiger partial charge on any atom is -0.493 e. The molecule has 0 bridgehead atoms. The highest BCUT2D eigenvalue weighted by atomic mass is 16.5. The van der Waals surface area contributed by atoms with Crippen LogP contribution < -0.4 is 14.8 Å². The number of nitrogens with zero attached hydrogens (tertiary/aromatic N) is 3. The summed E-state index contributed by atoms with van der Waals surface area (Å²) in [5.41, 5.74) is 1.59. The van der Waals surface area contributed by atoms with Crippen molar-refractivity contribution in [2.45, 2.75) is 19.4 Å². The number of methoxy groups -OCH3 is 2. The van der Waals surface area contributed by atoms with Gasteiger partial charge in [0.05, 0.1) is 26.7 Å². The molecule has 0 aliphatic carbocycles. The molecule has 0 radical (unpaired) electrons. The molecule has 0 aliphatic heterocycles. The van der Waals surface area contributed by atoms with Crippen molar-refractivity contribution in [2.24, 2.45) is 0 Å². The first-order valence-electron chi connectivity index (χ1n) is 7.92. The molecular weight excluding hydrogens is 320 g/mol. The molecule has 1 N–H and O–H groups in total. The van der Waals surface area contributed by atoms with E-state index < -0.39 is 0 Å². The molecule has 25 heavy (non-hydrogen) atoms. The smallest absolute Gasteiger partial charge is 0.225 e. The second-order valence-electron chi connectivity index (χ2n) is 5.64. The second-order valence-corrected chi connectivity index (χ2v) is 5.64. The lowest BCUT2D eigenvalue weighted by molar-refractivity contribution is -0.121. The van der Waals surface area contributed by atoms with Crippen LogP contribution in [-0.2, 0) is 11.2 Å². The fourth-order valence-electron chi connectivity index (χ4n) is 2.69. The van der Waals surface area contributed by atoms with Crippen LogP contribution in [0.25, 0.3) is 5.65 Å². The van der Waals surface area contributed by atoms with E-state index in [0.717, 1.165) is 11.2 Å². The fraction of sp³-hybridized carbons (Fsp3) is 0.278. The Morgan fingerprint density at radius 1 is 1.16 bits per heavy atom. The third-order valence-corrected chi connectivity index (χ3v) is 3.92. The number of pyridine rings is 1. The SMILES string of the molecule is COc1ccc(CC(=O)NC(C)c2nnc3ccccn23)cc1OC. The van der Waals surface area contributed by atoms with E-state index >= 15 is 0 Å². The van der Waals surface area contributed by atoms with Crippen LogP contribution in [-0.4, -0.2) is 34.7 Å². The molecule has 2 aromatic heterocycles. The maximum Gasteiger partial charge on any atom is 0.225 e. The maximum atomic E-state index is 12.4. The van der Waals surface area contributed by atoms with Gasteiger partial charge >= 0.3 is 0 Å². The largest absolute Gasteiger partial charge is 0.493 e. The molecule has 2 heterocycles. The lowest BCUT2D eigenvalue weighted by Gasteiger charge is -2.13. The molecule has 1 unspecified atom stereocenters. The van der Waals surface area contributed by atoms with Gasteiger partial charge in [0.2, 0.25) is 5.91 Å². The van der Waals surface area contributed by atoms with Crippen molar-refractivity contribution in [2.75, 3.05) is 14.2 Å². The van der Waals surface area contributed by atoms with Gasteiger partial charge in [-0.3, -0.25) is 9.20 Å². The zero-order valence-electron chi connectivity index (χ0n) is 14.4. The van der Waals surface area contributed by atoms with Gasteiger partial charge in [0.15, 0.2) is 23.0 Å². The average Bonchev–Trinajstić information content (AvgIpc) is 3.05. The molecule has 0 spiro atoms. The van der Waals surface area contributed by atoms with Crippen LogP contribution >= 0.6 is 0 Å². The zero-order chi connectivity index (χ0) is 17.8. The monoisotopic (exact) mass is 340 g/mol. The van der Waals surface area contributed by atoms with Gasteiger partial charge in [-0.05, 0) is 36.8 Å². The lowest BCUT2D eigenvalue weighted by Crippen LogP contribution is -2.29.